The van der Waals surface area contributed by atoms with Gasteiger partial charge in [-0.05, 0) is 62.1 Å². The zero-order valence-electron chi connectivity index (χ0n) is 12.1. The van der Waals surface area contributed by atoms with Crippen LogP contribution < -0.4 is 5.32 Å². The molecule has 0 fully saturated rings. The van der Waals surface area contributed by atoms with Crippen LogP contribution in [0.25, 0.3) is 0 Å². The molecule has 0 heterocycles. The number of hydrogen-bond donors (Lipinski definition) is 1. The summed E-state index contributed by atoms with van der Waals surface area (Å²) in [5.41, 5.74) is 2.03. The van der Waals surface area contributed by atoms with Crippen molar-refractivity contribution in [3.63, 3.8) is 0 Å². The Hall–Kier alpha value is 0.970. The van der Waals surface area contributed by atoms with E-state index in [1.807, 2.05) is 38.4 Å². The summed E-state index contributed by atoms with van der Waals surface area (Å²) in [5, 5.41) is 3.35. The number of benzene rings is 1. The van der Waals surface area contributed by atoms with E-state index in [-0.39, 0.29) is 11.7 Å². The van der Waals surface area contributed by atoms with Crippen LogP contribution in [0.5, 0.6) is 0 Å². The first-order valence-corrected chi connectivity index (χ1v) is 13.6. The third-order valence-corrected chi connectivity index (χ3v) is 6.11. The highest BCUT2D eigenvalue weighted by Gasteiger charge is 2.19. The summed E-state index contributed by atoms with van der Waals surface area (Å²) in [6.07, 6.45) is 0. The van der Waals surface area contributed by atoms with E-state index >= 15 is 0 Å². The summed E-state index contributed by atoms with van der Waals surface area (Å²) < 4.78 is 0. The number of hydrogen-bond acceptors (Lipinski definition) is 5. The molecule has 1 rings (SSSR count). The Morgan fingerprint density at radius 2 is 1.76 bits per heavy atom. The molecule has 1 aromatic rings. The Morgan fingerprint density at radius 1 is 1.19 bits per heavy atom. The minimum atomic E-state index is 0.103. The molecule has 0 aliphatic rings. The SMILES string of the molecule is CN(C)CNCc1ccc(C(=O)C(CSI)CSI)cc1. The number of carbonyl (C=O) groups is 1. The highest BCUT2D eigenvalue weighted by molar-refractivity contribution is 14.2. The molecular formula is C14H20I2N2OS2. The van der Waals surface area contributed by atoms with Crippen molar-refractivity contribution in [2.45, 2.75) is 6.54 Å². The van der Waals surface area contributed by atoms with Gasteiger partial charge in [0.1, 0.15) is 0 Å². The summed E-state index contributed by atoms with van der Waals surface area (Å²) in [7, 11) is 7.48. The Kier molecular flexibility index (Phi) is 11.0. The molecular weight excluding hydrogens is 530 g/mol. The van der Waals surface area contributed by atoms with E-state index in [9.17, 15) is 4.79 Å². The lowest BCUT2D eigenvalue weighted by Gasteiger charge is -2.13. The number of halogens is 2. The molecule has 0 amide bonds. The first kappa shape index (κ1) is 20.0. The smallest absolute Gasteiger partial charge is 0.167 e. The molecule has 0 bridgehead atoms. The largest absolute Gasteiger partial charge is 0.300 e. The standard InChI is InChI=1S/C14H20I2N2OS2/c1-18(2)10-17-7-11-3-5-12(6-4-11)14(19)13(8-20-15)9-21-16/h3-6,13,17H,7-10H2,1-2H3. The molecule has 0 aliphatic heterocycles. The van der Waals surface area contributed by atoms with Crippen molar-refractivity contribution in [2.75, 3.05) is 32.3 Å². The zero-order valence-corrected chi connectivity index (χ0v) is 18.1. The highest BCUT2D eigenvalue weighted by Crippen LogP contribution is 2.25. The molecule has 21 heavy (non-hydrogen) atoms. The number of Topliss-reactive ketones (excluding diaryl/α,β-unsaturated/α-hetero) is 1. The zero-order chi connectivity index (χ0) is 15.7. The van der Waals surface area contributed by atoms with Gasteiger partial charge in [0.2, 0.25) is 0 Å². The van der Waals surface area contributed by atoms with E-state index in [2.05, 4.69) is 52.6 Å². The van der Waals surface area contributed by atoms with Crippen LogP contribution in [0, 0.1) is 5.92 Å². The summed E-state index contributed by atoms with van der Waals surface area (Å²) in [5.74, 6) is 2.12. The second kappa shape index (κ2) is 11.5. The Morgan fingerprint density at radius 3 is 2.24 bits per heavy atom. The van der Waals surface area contributed by atoms with Gasteiger partial charge in [-0.2, -0.15) is 0 Å². The Balaban J connectivity index is 2.61. The van der Waals surface area contributed by atoms with Gasteiger partial charge < -0.3 is 5.32 Å². The summed E-state index contributed by atoms with van der Waals surface area (Å²) >= 11 is 4.52. The van der Waals surface area contributed by atoms with Gasteiger partial charge in [0, 0.05) is 36.2 Å². The van der Waals surface area contributed by atoms with Crippen LogP contribution in [-0.2, 0) is 6.54 Å². The third-order valence-electron chi connectivity index (χ3n) is 2.89. The molecule has 118 valence electrons. The van der Waals surface area contributed by atoms with Gasteiger partial charge in [0.25, 0.3) is 0 Å². The number of nitrogens with one attached hydrogen (secondary N) is 1. The highest BCUT2D eigenvalue weighted by atomic mass is 127. The molecule has 1 N–H and O–H groups in total. The van der Waals surface area contributed by atoms with Crippen molar-refractivity contribution >= 4 is 66.1 Å². The third kappa shape index (κ3) is 7.87. The van der Waals surface area contributed by atoms with Crippen LogP contribution in [0.15, 0.2) is 24.3 Å². The lowest BCUT2D eigenvalue weighted by Crippen LogP contribution is -2.27. The lowest BCUT2D eigenvalue weighted by atomic mass is 10.00. The van der Waals surface area contributed by atoms with E-state index in [1.165, 1.54) is 5.56 Å². The molecule has 0 saturated heterocycles. The summed E-state index contributed by atoms with van der Waals surface area (Å²) in [4.78, 5) is 14.6. The van der Waals surface area contributed by atoms with Crippen molar-refractivity contribution in [3.8, 4) is 0 Å². The van der Waals surface area contributed by atoms with E-state index in [0.717, 1.165) is 30.3 Å². The molecule has 0 unspecified atom stereocenters. The minimum Gasteiger partial charge on any atom is -0.300 e. The molecule has 0 radical (unpaired) electrons. The summed E-state index contributed by atoms with van der Waals surface area (Å²) in [6.45, 7) is 1.67. The lowest BCUT2D eigenvalue weighted by molar-refractivity contribution is 0.0944. The average molecular weight is 550 g/mol. The average Bonchev–Trinajstić information content (AvgIpc) is 2.47. The molecule has 0 saturated carbocycles. The van der Waals surface area contributed by atoms with Crippen molar-refractivity contribution < 1.29 is 4.79 Å². The van der Waals surface area contributed by atoms with Crippen molar-refractivity contribution in [1.29, 1.82) is 0 Å². The van der Waals surface area contributed by atoms with Crippen LogP contribution in [0.3, 0.4) is 0 Å². The summed E-state index contributed by atoms with van der Waals surface area (Å²) in [6, 6.07) is 8.00. The first-order valence-electron chi connectivity index (χ1n) is 6.54. The Bertz CT molecular complexity index is 423. The molecule has 0 aliphatic carbocycles. The number of nitrogens with zero attached hydrogens (tertiary/aromatic N) is 1. The predicted molar refractivity (Wildman–Crippen MR) is 113 cm³/mol. The van der Waals surface area contributed by atoms with Gasteiger partial charge in [0.15, 0.2) is 5.78 Å². The van der Waals surface area contributed by atoms with Gasteiger partial charge in [-0.3, -0.25) is 9.69 Å². The fourth-order valence-corrected chi connectivity index (χ4v) is 5.39. The maximum Gasteiger partial charge on any atom is 0.167 e. The topological polar surface area (TPSA) is 32.3 Å². The second-order valence-electron chi connectivity index (χ2n) is 4.97. The van der Waals surface area contributed by atoms with Gasteiger partial charge in [-0.15, -0.1) is 0 Å². The van der Waals surface area contributed by atoms with Gasteiger partial charge in [-0.1, -0.05) is 42.1 Å². The number of carbonyl (C=O) groups excluding carboxylic acids is 1. The molecule has 7 heteroatoms. The molecule has 0 atom stereocenters. The van der Waals surface area contributed by atoms with Crippen LogP contribution in [0.1, 0.15) is 15.9 Å². The monoisotopic (exact) mass is 550 g/mol. The van der Waals surface area contributed by atoms with Crippen LogP contribution in [0.2, 0.25) is 0 Å². The van der Waals surface area contributed by atoms with Gasteiger partial charge in [0.05, 0.1) is 0 Å². The predicted octanol–water partition coefficient (Wildman–Crippen LogP) is 4.26. The maximum atomic E-state index is 12.5. The Labute approximate surface area is 159 Å². The maximum absolute atomic E-state index is 12.5. The quantitative estimate of drug-likeness (QED) is 0.268. The van der Waals surface area contributed by atoms with E-state index < -0.39 is 0 Å². The number of ketones is 1. The van der Waals surface area contributed by atoms with E-state index in [0.29, 0.717) is 0 Å². The van der Waals surface area contributed by atoms with Gasteiger partial charge in [-0.25, -0.2) is 0 Å². The van der Waals surface area contributed by atoms with Crippen LogP contribution in [-0.4, -0.2) is 43.0 Å². The van der Waals surface area contributed by atoms with Crippen molar-refractivity contribution in [2.24, 2.45) is 5.92 Å². The van der Waals surface area contributed by atoms with E-state index in [4.69, 9.17) is 0 Å². The fourth-order valence-electron chi connectivity index (χ4n) is 1.80. The second-order valence-corrected chi connectivity index (χ2v) is 9.81. The van der Waals surface area contributed by atoms with Crippen LogP contribution >= 0.6 is 60.3 Å². The fraction of sp³-hybridized carbons (Fsp3) is 0.500. The minimum absolute atomic E-state index is 0.103. The molecule has 0 aromatic heterocycles. The van der Waals surface area contributed by atoms with Crippen LogP contribution in [0.4, 0.5) is 0 Å². The van der Waals surface area contributed by atoms with Crippen molar-refractivity contribution in [1.82, 2.24) is 10.2 Å². The first-order chi connectivity index (χ1) is 10.1. The van der Waals surface area contributed by atoms with Crippen molar-refractivity contribution in [3.05, 3.63) is 35.4 Å². The van der Waals surface area contributed by atoms with Gasteiger partial charge >= 0.3 is 0 Å². The molecule has 3 nitrogen and oxygen atoms in total. The van der Waals surface area contributed by atoms with E-state index in [1.54, 1.807) is 17.9 Å². The normalized spacial score (nSPS) is 11.3. The number of rotatable bonds is 10. The molecule has 1 aromatic carbocycles. The molecule has 0 spiro atoms.